The molecule has 0 radical (unpaired) electrons. The quantitative estimate of drug-likeness (QED) is 0.829. The molecular weight excluding hydrogens is 258 g/mol. The summed E-state index contributed by atoms with van der Waals surface area (Å²) in [5.74, 6) is -0.591. The molecular formula is C11H12ClF4N. The highest BCUT2D eigenvalue weighted by atomic mass is 35.5. The molecule has 96 valence electrons. The van der Waals surface area contributed by atoms with Gasteiger partial charge >= 0.3 is 6.18 Å². The summed E-state index contributed by atoms with van der Waals surface area (Å²) in [5.41, 5.74) is 5.98. The normalized spacial score (nSPS) is 13.8. The van der Waals surface area contributed by atoms with E-state index in [0.717, 1.165) is 0 Å². The van der Waals surface area contributed by atoms with E-state index < -0.39 is 24.5 Å². The Kier molecular flexibility index (Phi) is 4.77. The molecule has 1 unspecified atom stereocenters. The molecule has 0 aliphatic carbocycles. The third-order valence-corrected chi connectivity index (χ3v) is 2.74. The highest BCUT2D eigenvalue weighted by molar-refractivity contribution is 6.31. The molecule has 0 heterocycles. The van der Waals surface area contributed by atoms with Crippen LogP contribution < -0.4 is 5.73 Å². The molecule has 1 nitrogen and oxygen atoms in total. The second kappa shape index (κ2) is 5.69. The van der Waals surface area contributed by atoms with Crippen molar-refractivity contribution in [2.75, 3.05) is 0 Å². The van der Waals surface area contributed by atoms with Crippen molar-refractivity contribution in [2.24, 2.45) is 5.73 Å². The fraction of sp³-hybridized carbons (Fsp3) is 0.455. The number of halogens is 5. The standard InChI is InChI=1S/C11H12ClF4N/c12-10-7(2-1-3-9(10)13)6-8(17)4-5-11(14,15)16/h1-3,8H,4-6,17H2. The maximum absolute atomic E-state index is 13.1. The van der Waals surface area contributed by atoms with Crippen LogP contribution in [-0.4, -0.2) is 12.2 Å². The van der Waals surface area contributed by atoms with E-state index in [1.165, 1.54) is 12.1 Å². The van der Waals surface area contributed by atoms with Crippen molar-refractivity contribution in [1.29, 1.82) is 0 Å². The molecule has 1 aromatic rings. The first-order valence-electron chi connectivity index (χ1n) is 5.05. The number of rotatable bonds is 4. The van der Waals surface area contributed by atoms with Crippen LogP contribution in [0.3, 0.4) is 0 Å². The Morgan fingerprint density at radius 1 is 1.29 bits per heavy atom. The zero-order chi connectivity index (χ0) is 13.1. The van der Waals surface area contributed by atoms with E-state index in [9.17, 15) is 17.6 Å². The molecule has 0 fully saturated rings. The van der Waals surface area contributed by atoms with E-state index in [1.807, 2.05) is 0 Å². The van der Waals surface area contributed by atoms with Gasteiger partial charge in [-0.05, 0) is 24.5 Å². The minimum atomic E-state index is -4.22. The summed E-state index contributed by atoms with van der Waals surface area (Å²) in [6.45, 7) is 0. The van der Waals surface area contributed by atoms with E-state index in [1.54, 1.807) is 6.07 Å². The van der Waals surface area contributed by atoms with Gasteiger partial charge in [0.2, 0.25) is 0 Å². The van der Waals surface area contributed by atoms with Gasteiger partial charge < -0.3 is 5.73 Å². The lowest BCUT2D eigenvalue weighted by atomic mass is 10.0. The third kappa shape index (κ3) is 4.91. The van der Waals surface area contributed by atoms with Gasteiger partial charge in [-0.3, -0.25) is 0 Å². The Bertz CT molecular complexity index is 378. The van der Waals surface area contributed by atoms with Crippen molar-refractivity contribution in [3.8, 4) is 0 Å². The Labute approximate surface area is 102 Å². The molecule has 1 atom stereocenters. The van der Waals surface area contributed by atoms with Gasteiger partial charge in [-0.25, -0.2) is 4.39 Å². The van der Waals surface area contributed by atoms with Crippen LogP contribution in [0.25, 0.3) is 0 Å². The Hall–Kier alpha value is -0.810. The summed E-state index contributed by atoms with van der Waals surface area (Å²) in [7, 11) is 0. The lowest BCUT2D eigenvalue weighted by Gasteiger charge is -2.14. The average Bonchev–Trinajstić information content (AvgIpc) is 2.21. The van der Waals surface area contributed by atoms with Gasteiger partial charge in [0, 0.05) is 12.5 Å². The van der Waals surface area contributed by atoms with Crippen LogP contribution in [0.2, 0.25) is 5.02 Å². The van der Waals surface area contributed by atoms with E-state index in [4.69, 9.17) is 17.3 Å². The van der Waals surface area contributed by atoms with Crippen molar-refractivity contribution in [3.05, 3.63) is 34.6 Å². The van der Waals surface area contributed by atoms with E-state index >= 15 is 0 Å². The van der Waals surface area contributed by atoms with Crippen molar-refractivity contribution in [3.63, 3.8) is 0 Å². The summed E-state index contributed by atoms with van der Waals surface area (Å²) >= 11 is 5.67. The summed E-state index contributed by atoms with van der Waals surface area (Å²) in [4.78, 5) is 0. The molecule has 0 aliphatic heterocycles. The Morgan fingerprint density at radius 2 is 1.94 bits per heavy atom. The smallest absolute Gasteiger partial charge is 0.327 e. The van der Waals surface area contributed by atoms with E-state index in [0.29, 0.717) is 5.56 Å². The van der Waals surface area contributed by atoms with Gasteiger partial charge in [-0.15, -0.1) is 0 Å². The average molecular weight is 270 g/mol. The monoisotopic (exact) mass is 269 g/mol. The van der Waals surface area contributed by atoms with Gasteiger partial charge in [-0.1, -0.05) is 23.7 Å². The second-order valence-electron chi connectivity index (χ2n) is 3.83. The molecule has 17 heavy (non-hydrogen) atoms. The molecule has 6 heteroatoms. The maximum atomic E-state index is 13.1. The Morgan fingerprint density at radius 3 is 2.53 bits per heavy atom. The van der Waals surface area contributed by atoms with Gasteiger partial charge in [0.15, 0.2) is 0 Å². The Balaban J connectivity index is 2.56. The van der Waals surface area contributed by atoms with Crippen LogP contribution in [0.4, 0.5) is 17.6 Å². The van der Waals surface area contributed by atoms with Crippen LogP contribution >= 0.6 is 11.6 Å². The van der Waals surface area contributed by atoms with Crippen LogP contribution in [0, 0.1) is 5.82 Å². The molecule has 1 aromatic carbocycles. The molecule has 0 saturated heterocycles. The minimum Gasteiger partial charge on any atom is -0.327 e. The molecule has 0 aromatic heterocycles. The first-order chi connectivity index (χ1) is 7.79. The molecule has 0 amide bonds. The van der Waals surface area contributed by atoms with Crippen molar-refractivity contribution >= 4 is 11.6 Å². The molecule has 2 N–H and O–H groups in total. The zero-order valence-electron chi connectivity index (χ0n) is 8.90. The predicted octanol–water partition coefficient (Wildman–Crippen LogP) is 3.69. The lowest BCUT2D eigenvalue weighted by molar-refractivity contribution is -0.136. The number of alkyl halides is 3. The third-order valence-electron chi connectivity index (χ3n) is 2.31. The SMILES string of the molecule is NC(CCC(F)(F)F)Cc1cccc(F)c1Cl. The summed E-state index contributed by atoms with van der Waals surface area (Å²) in [6.07, 6.45) is -5.23. The molecule has 0 bridgehead atoms. The van der Waals surface area contributed by atoms with Crippen LogP contribution in [-0.2, 0) is 6.42 Å². The summed E-state index contributed by atoms with van der Waals surface area (Å²) in [6, 6.07) is 3.51. The summed E-state index contributed by atoms with van der Waals surface area (Å²) < 4.78 is 48.9. The maximum Gasteiger partial charge on any atom is 0.389 e. The van der Waals surface area contributed by atoms with Gasteiger partial charge in [0.1, 0.15) is 5.82 Å². The fourth-order valence-corrected chi connectivity index (χ4v) is 1.64. The van der Waals surface area contributed by atoms with Crippen molar-refractivity contribution in [2.45, 2.75) is 31.5 Å². The highest BCUT2D eigenvalue weighted by Gasteiger charge is 2.27. The van der Waals surface area contributed by atoms with Crippen LogP contribution in [0.15, 0.2) is 18.2 Å². The van der Waals surface area contributed by atoms with Crippen LogP contribution in [0.1, 0.15) is 18.4 Å². The minimum absolute atomic E-state index is 0.0741. The first-order valence-corrected chi connectivity index (χ1v) is 5.42. The number of benzene rings is 1. The molecule has 1 rings (SSSR count). The highest BCUT2D eigenvalue weighted by Crippen LogP contribution is 2.25. The van der Waals surface area contributed by atoms with Crippen molar-refractivity contribution < 1.29 is 17.6 Å². The molecule has 0 saturated carbocycles. The largest absolute Gasteiger partial charge is 0.389 e. The van der Waals surface area contributed by atoms with Gasteiger partial charge in [0.05, 0.1) is 5.02 Å². The first kappa shape index (κ1) is 14.3. The van der Waals surface area contributed by atoms with Crippen molar-refractivity contribution in [1.82, 2.24) is 0 Å². The van der Waals surface area contributed by atoms with Gasteiger partial charge in [-0.2, -0.15) is 13.2 Å². The number of nitrogens with two attached hydrogens (primary N) is 1. The number of hydrogen-bond donors (Lipinski definition) is 1. The molecule has 0 aliphatic rings. The lowest BCUT2D eigenvalue weighted by Crippen LogP contribution is -2.25. The topological polar surface area (TPSA) is 26.0 Å². The summed E-state index contributed by atoms with van der Waals surface area (Å²) in [5, 5.41) is -0.0741. The molecule has 0 spiro atoms. The van der Waals surface area contributed by atoms with Crippen LogP contribution in [0.5, 0.6) is 0 Å². The number of hydrogen-bond acceptors (Lipinski definition) is 1. The fourth-order valence-electron chi connectivity index (χ4n) is 1.44. The van der Waals surface area contributed by atoms with E-state index in [2.05, 4.69) is 0 Å². The predicted molar refractivity (Wildman–Crippen MR) is 58.4 cm³/mol. The zero-order valence-corrected chi connectivity index (χ0v) is 9.65. The van der Waals surface area contributed by atoms with E-state index in [-0.39, 0.29) is 17.9 Å². The van der Waals surface area contributed by atoms with Gasteiger partial charge in [0.25, 0.3) is 0 Å². The second-order valence-corrected chi connectivity index (χ2v) is 4.21.